The minimum Gasteiger partial charge on any atom is -0.312 e. The summed E-state index contributed by atoms with van der Waals surface area (Å²) in [7, 11) is 0. The van der Waals surface area contributed by atoms with Gasteiger partial charge in [-0.15, -0.1) is 0 Å². The Bertz CT molecular complexity index is 137. The summed E-state index contributed by atoms with van der Waals surface area (Å²) in [6.45, 7) is 0. The number of nitrogens with zero attached hydrogens (tertiary/aromatic N) is 1. The van der Waals surface area contributed by atoms with E-state index in [1.165, 1.54) is 0 Å². The molecule has 0 saturated carbocycles. The van der Waals surface area contributed by atoms with Crippen molar-refractivity contribution in [1.82, 2.24) is 0 Å². The van der Waals surface area contributed by atoms with Crippen molar-refractivity contribution in [2.24, 2.45) is 10.7 Å². The smallest absolute Gasteiger partial charge is 0.111 e. The van der Waals surface area contributed by atoms with Crippen LogP contribution >= 0.6 is 15.9 Å². The van der Waals surface area contributed by atoms with Crippen molar-refractivity contribution in [2.45, 2.75) is 10.9 Å². The van der Waals surface area contributed by atoms with Gasteiger partial charge in [0.25, 0.3) is 0 Å². The molecule has 2 nitrogen and oxygen atoms in total. The molecule has 8 heavy (non-hydrogen) atoms. The van der Waals surface area contributed by atoms with Crippen LogP contribution in [0, 0.1) is 0 Å². The molecule has 0 saturated heterocycles. The molecule has 0 amide bonds. The maximum absolute atomic E-state index is 5.59. The summed E-state index contributed by atoms with van der Waals surface area (Å²) in [6.07, 6.45) is 6.17. The van der Waals surface area contributed by atoms with E-state index < -0.39 is 0 Å². The highest BCUT2D eigenvalue weighted by Gasteiger charge is 2.16. The summed E-state index contributed by atoms with van der Waals surface area (Å²) in [5, 5.41) is 0. The average molecular weight is 175 g/mol. The van der Waals surface area contributed by atoms with Crippen LogP contribution in [0.3, 0.4) is 0 Å². The molecule has 0 aromatic heterocycles. The average Bonchev–Trinajstić information content (AvgIpc) is 1.65. The highest BCUT2D eigenvalue weighted by atomic mass is 79.9. The van der Waals surface area contributed by atoms with Gasteiger partial charge < -0.3 is 5.73 Å². The Hall–Kier alpha value is -0.150. The van der Waals surface area contributed by atoms with Crippen LogP contribution in [0.15, 0.2) is 17.3 Å². The number of aliphatic imine (C=N–C) groups is 1. The lowest BCUT2D eigenvalue weighted by Gasteiger charge is -2.15. The topological polar surface area (TPSA) is 38.4 Å². The fraction of sp³-hybridized carbons (Fsp3) is 0.400. The number of halogens is 1. The zero-order valence-corrected chi connectivity index (χ0v) is 5.93. The van der Waals surface area contributed by atoms with Gasteiger partial charge in [0.2, 0.25) is 0 Å². The maximum atomic E-state index is 5.59. The van der Waals surface area contributed by atoms with Crippen molar-refractivity contribution in [3.63, 3.8) is 0 Å². The Morgan fingerprint density at radius 3 is 2.75 bits per heavy atom. The van der Waals surface area contributed by atoms with Crippen molar-refractivity contribution in [3.05, 3.63) is 12.3 Å². The minimum atomic E-state index is -0.387. The molecular weight excluding hydrogens is 168 g/mol. The highest BCUT2D eigenvalue weighted by molar-refractivity contribution is 9.10. The second-order valence-corrected chi connectivity index (χ2v) is 3.27. The van der Waals surface area contributed by atoms with Gasteiger partial charge in [0.1, 0.15) is 4.45 Å². The fourth-order valence-electron chi connectivity index (χ4n) is 0.514. The fourth-order valence-corrected chi connectivity index (χ4v) is 0.819. The van der Waals surface area contributed by atoms with Crippen molar-refractivity contribution >= 4 is 22.1 Å². The van der Waals surface area contributed by atoms with Crippen LogP contribution in [0.2, 0.25) is 0 Å². The van der Waals surface area contributed by atoms with Gasteiger partial charge in [-0.3, -0.25) is 4.99 Å². The van der Waals surface area contributed by atoms with Gasteiger partial charge in [0.05, 0.1) is 0 Å². The molecule has 1 aliphatic rings. The Kier molecular flexibility index (Phi) is 1.49. The minimum absolute atomic E-state index is 0.387. The Morgan fingerprint density at radius 1 is 1.75 bits per heavy atom. The molecule has 0 aromatic carbocycles. The zero-order valence-electron chi connectivity index (χ0n) is 4.34. The van der Waals surface area contributed by atoms with Crippen LogP contribution in [-0.2, 0) is 0 Å². The van der Waals surface area contributed by atoms with E-state index in [0.29, 0.717) is 0 Å². The Morgan fingerprint density at radius 2 is 2.50 bits per heavy atom. The van der Waals surface area contributed by atoms with E-state index in [-0.39, 0.29) is 4.45 Å². The summed E-state index contributed by atoms with van der Waals surface area (Å²) < 4.78 is -0.387. The van der Waals surface area contributed by atoms with E-state index in [0.717, 1.165) is 6.42 Å². The van der Waals surface area contributed by atoms with E-state index in [4.69, 9.17) is 5.73 Å². The molecule has 0 aromatic rings. The lowest BCUT2D eigenvalue weighted by Crippen LogP contribution is -2.34. The molecule has 0 aliphatic carbocycles. The van der Waals surface area contributed by atoms with Gasteiger partial charge >= 0.3 is 0 Å². The highest BCUT2D eigenvalue weighted by Crippen LogP contribution is 2.15. The van der Waals surface area contributed by atoms with Crippen molar-refractivity contribution < 1.29 is 0 Å². The number of hydrogen-bond donors (Lipinski definition) is 1. The van der Waals surface area contributed by atoms with Crippen LogP contribution in [0.4, 0.5) is 0 Å². The molecule has 1 rings (SSSR count). The number of hydrogen-bond acceptors (Lipinski definition) is 2. The number of nitrogens with two attached hydrogens (primary N) is 1. The van der Waals surface area contributed by atoms with E-state index >= 15 is 0 Å². The van der Waals surface area contributed by atoms with Crippen LogP contribution in [0.5, 0.6) is 0 Å². The van der Waals surface area contributed by atoms with Crippen LogP contribution in [-0.4, -0.2) is 10.7 Å². The Labute approximate surface area is 56.6 Å². The lowest BCUT2D eigenvalue weighted by molar-refractivity contribution is 0.829. The molecule has 0 spiro atoms. The second kappa shape index (κ2) is 1.99. The third-order valence-corrected chi connectivity index (χ3v) is 1.44. The lowest BCUT2D eigenvalue weighted by atomic mass is 10.2. The molecule has 1 heterocycles. The standard InChI is InChI=1S/C5H7BrN2/c6-5(7)2-1-3-8-4-5/h1,3-4H,2,7H2. The molecule has 2 N–H and O–H groups in total. The summed E-state index contributed by atoms with van der Waals surface area (Å²) in [5.41, 5.74) is 5.59. The largest absolute Gasteiger partial charge is 0.312 e. The van der Waals surface area contributed by atoms with Gasteiger partial charge in [0, 0.05) is 18.8 Å². The maximum Gasteiger partial charge on any atom is 0.111 e. The summed E-state index contributed by atoms with van der Waals surface area (Å²) in [6, 6.07) is 0. The van der Waals surface area contributed by atoms with Crippen LogP contribution in [0.1, 0.15) is 6.42 Å². The van der Waals surface area contributed by atoms with E-state index in [2.05, 4.69) is 20.9 Å². The molecule has 0 fully saturated rings. The van der Waals surface area contributed by atoms with E-state index in [1.54, 1.807) is 12.4 Å². The van der Waals surface area contributed by atoms with E-state index in [9.17, 15) is 0 Å². The predicted molar refractivity (Wildman–Crippen MR) is 38.1 cm³/mol. The van der Waals surface area contributed by atoms with Gasteiger partial charge in [0.15, 0.2) is 0 Å². The van der Waals surface area contributed by atoms with Crippen molar-refractivity contribution in [2.75, 3.05) is 0 Å². The zero-order chi connectivity index (χ0) is 6.04. The third-order valence-electron chi connectivity index (χ3n) is 0.911. The summed E-state index contributed by atoms with van der Waals surface area (Å²) in [4.78, 5) is 3.85. The van der Waals surface area contributed by atoms with E-state index in [1.807, 2.05) is 6.08 Å². The number of rotatable bonds is 0. The summed E-state index contributed by atoms with van der Waals surface area (Å²) >= 11 is 3.27. The van der Waals surface area contributed by atoms with Crippen LogP contribution in [0.25, 0.3) is 0 Å². The van der Waals surface area contributed by atoms with Gasteiger partial charge in [-0.05, 0) is 0 Å². The molecule has 44 valence electrons. The van der Waals surface area contributed by atoms with Gasteiger partial charge in [-0.2, -0.15) is 0 Å². The molecular formula is C5H7BrN2. The normalized spacial score (nSPS) is 35.8. The van der Waals surface area contributed by atoms with Crippen LogP contribution < -0.4 is 5.73 Å². The first-order valence-corrected chi connectivity index (χ1v) is 3.17. The predicted octanol–water partition coefficient (Wildman–Crippen LogP) is 1.02. The summed E-state index contributed by atoms with van der Waals surface area (Å²) in [5.74, 6) is 0. The third kappa shape index (κ3) is 1.42. The SMILES string of the molecule is NC1(Br)C=NC=CC1. The molecule has 1 aliphatic heterocycles. The Balaban J connectivity index is 2.65. The molecule has 0 radical (unpaired) electrons. The first-order valence-electron chi connectivity index (χ1n) is 2.38. The number of alkyl halides is 1. The first kappa shape index (κ1) is 5.98. The first-order chi connectivity index (χ1) is 3.71. The monoisotopic (exact) mass is 174 g/mol. The van der Waals surface area contributed by atoms with Crippen molar-refractivity contribution in [1.29, 1.82) is 0 Å². The molecule has 1 unspecified atom stereocenters. The molecule has 0 bridgehead atoms. The second-order valence-electron chi connectivity index (χ2n) is 1.79. The van der Waals surface area contributed by atoms with Crippen molar-refractivity contribution in [3.8, 4) is 0 Å². The van der Waals surface area contributed by atoms with Gasteiger partial charge in [-0.25, -0.2) is 0 Å². The van der Waals surface area contributed by atoms with Gasteiger partial charge in [-0.1, -0.05) is 22.0 Å². The molecule has 3 heteroatoms. The quantitative estimate of drug-likeness (QED) is 0.433. The molecule has 1 atom stereocenters.